The molecular weight excluding hydrogens is 521 g/mol. The molecule has 0 saturated carbocycles. The van der Waals surface area contributed by atoms with Gasteiger partial charge in [0.25, 0.3) is 0 Å². The first-order chi connectivity index (χ1) is 11.4. The normalized spacial score (nSPS) is 8.64. The molecule has 0 unspecified atom stereocenters. The van der Waals surface area contributed by atoms with Crippen molar-refractivity contribution in [2.45, 2.75) is 0 Å². The first kappa shape index (κ1) is 22.3. The molecule has 128 valence electrons. The summed E-state index contributed by atoms with van der Waals surface area (Å²) >= 11 is 0. The fourth-order valence-corrected chi connectivity index (χ4v) is 1.48. The van der Waals surface area contributed by atoms with Gasteiger partial charge in [0.1, 0.15) is 34.5 Å². The Morgan fingerprint density at radius 2 is 0.520 bits per heavy atom. The molecule has 25 heavy (non-hydrogen) atoms. The van der Waals surface area contributed by atoms with Crippen molar-refractivity contribution in [3.05, 3.63) is 72.8 Å². The van der Waals surface area contributed by atoms with E-state index < -0.39 is 0 Å². The van der Waals surface area contributed by atoms with Crippen molar-refractivity contribution in [2.24, 2.45) is 0 Å². The van der Waals surface area contributed by atoms with Crippen LogP contribution in [0, 0.1) is 0 Å². The number of aromatic hydroxyl groups is 6. The van der Waals surface area contributed by atoms with Gasteiger partial charge in [-0.1, -0.05) is 18.2 Å². The molecule has 6 N–H and O–H groups in total. The zero-order valence-electron chi connectivity index (χ0n) is 13.1. The molecular formula is C18H18BiO6+3. The van der Waals surface area contributed by atoms with Gasteiger partial charge in [-0.25, -0.2) is 0 Å². The van der Waals surface area contributed by atoms with Gasteiger partial charge in [-0.05, 0) is 36.4 Å². The summed E-state index contributed by atoms with van der Waals surface area (Å²) in [6, 6.07) is 17.6. The van der Waals surface area contributed by atoms with E-state index in [1.807, 2.05) is 0 Å². The largest absolute Gasteiger partial charge is 3.00 e. The van der Waals surface area contributed by atoms with Crippen molar-refractivity contribution in [1.29, 1.82) is 0 Å². The molecule has 7 heteroatoms. The molecule has 0 atom stereocenters. The maximum absolute atomic E-state index is 8.65. The summed E-state index contributed by atoms with van der Waals surface area (Å²) in [6.07, 6.45) is 0. The molecule has 0 heterocycles. The number of hydrogen-bond acceptors (Lipinski definition) is 6. The SMILES string of the molecule is Oc1cccc(O)c1.Oc1cccc(O)c1.Oc1cccc(O)c1.[Bi+3]. The van der Waals surface area contributed by atoms with Gasteiger partial charge in [-0.3, -0.25) is 0 Å². The van der Waals surface area contributed by atoms with Crippen LogP contribution in [0.2, 0.25) is 0 Å². The van der Waals surface area contributed by atoms with Gasteiger partial charge >= 0.3 is 26.2 Å². The minimum Gasteiger partial charge on any atom is -0.508 e. The average molecular weight is 539 g/mol. The maximum Gasteiger partial charge on any atom is 3.00 e. The van der Waals surface area contributed by atoms with Crippen LogP contribution >= 0.6 is 0 Å². The van der Waals surface area contributed by atoms with E-state index in [1.54, 1.807) is 18.2 Å². The quantitative estimate of drug-likeness (QED) is 0.245. The molecule has 0 aromatic heterocycles. The van der Waals surface area contributed by atoms with E-state index in [1.165, 1.54) is 54.6 Å². The van der Waals surface area contributed by atoms with Crippen LogP contribution in [-0.4, -0.2) is 56.8 Å². The van der Waals surface area contributed by atoms with E-state index in [9.17, 15) is 0 Å². The van der Waals surface area contributed by atoms with Crippen LogP contribution in [-0.2, 0) is 0 Å². The van der Waals surface area contributed by atoms with Gasteiger partial charge in [0.05, 0.1) is 0 Å². The molecule has 3 rings (SSSR count). The smallest absolute Gasteiger partial charge is 0.508 e. The molecule has 0 fully saturated rings. The molecule has 0 aliphatic carbocycles. The van der Waals surface area contributed by atoms with Crippen LogP contribution in [0.15, 0.2) is 72.8 Å². The van der Waals surface area contributed by atoms with Crippen molar-refractivity contribution in [2.75, 3.05) is 0 Å². The predicted octanol–water partition coefficient (Wildman–Crippen LogP) is 2.91. The van der Waals surface area contributed by atoms with Gasteiger partial charge in [-0.15, -0.1) is 0 Å². The van der Waals surface area contributed by atoms with Crippen molar-refractivity contribution >= 4 is 26.2 Å². The zero-order valence-corrected chi connectivity index (χ0v) is 16.5. The number of rotatable bonds is 0. The van der Waals surface area contributed by atoms with E-state index in [2.05, 4.69) is 0 Å². The van der Waals surface area contributed by atoms with E-state index in [0.29, 0.717) is 0 Å². The third-order valence-electron chi connectivity index (χ3n) is 2.49. The summed E-state index contributed by atoms with van der Waals surface area (Å²) in [4.78, 5) is 0. The molecule has 0 saturated heterocycles. The fourth-order valence-electron chi connectivity index (χ4n) is 1.48. The number of phenolic OH excluding ortho intramolecular Hbond substituents is 6. The second-order valence-corrected chi connectivity index (χ2v) is 4.56. The Hall–Kier alpha value is -2.66. The van der Waals surface area contributed by atoms with E-state index >= 15 is 0 Å². The zero-order chi connectivity index (χ0) is 17.9. The van der Waals surface area contributed by atoms with E-state index in [0.717, 1.165) is 0 Å². The summed E-state index contributed by atoms with van der Waals surface area (Å²) in [7, 11) is 0. The summed E-state index contributed by atoms with van der Waals surface area (Å²) < 4.78 is 0. The van der Waals surface area contributed by atoms with Crippen molar-refractivity contribution in [3.63, 3.8) is 0 Å². The Morgan fingerprint density at radius 3 is 0.600 bits per heavy atom. The van der Waals surface area contributed by atoms with E-state index in [4.69, 9.17) is 30.6 Å². The Kier molecular flexibility index (Phi) is 10.6. The monoisotopic (exact) mass is 539 g/mol. The number of phenols is 6. The first-order valence-corrected chi connectivity index (χ1v) is 6.81. The average Bonchev–Trinajstić information content (AvgIpc) is 2.47. The molecule has 2 radical (unpaired) electrons. The van der Waals surface area contributed by atoms with Crippen LogP contribution in [0.1, 0.15) is 0 Å². The molecule has 0 aliphatic rings. The third kappa shape index (κ3) is 10.7. The van der Waals surface area contributed by atoms with Crippen LogP contribution in [0.25, 0.3) is 0 Å². The topological polar surface area (TPSA) is 121 Å². The van der Waals surface area contributed by atoms with Crippen LogP contribution in [0.5, 0.6) is 34.5 Å². The van der Waals surface area contributed by atoms with Crippen LogP contribution < -0.4 is 0 Å². The van der Waals surface area contributed by atoms with Crippen molar-refractivity contribution < 1.29 is 30.6 Å². The summed E-state index contributed by atoms with van der Waals surface area (Å²) in [5.74, 6) is 0.528. The molecule has 3 aromatic carbocycles. The molecule has 0 aliphatic heterocycles. The number of hydrogen-bond donors (Lipinski definition) is 6. The fraction of sp³-hybridized carbons (Fsp3) is 0. The van der Waals surface area contributed by atoms with Crippen molar-refractivity contribution in [3.8, 4) is 34.5 Å². The minimum absolute atomic E-state index is 0. The predicted molar refractivity (Wildman–Crippen MR) is 95.1 cm³/mol. The van der Waals surface area contributed by atoms with Crippen molar-refractivity contribution in [1.82, 2.24) is 0 Å². The maximum atomic E-state index is 8.65. The standard InChI is InChI=1S/3C6H6O2.Bi/c3*7-5-2-1-3-6(8)4-5;/h3*1-4,7-8H;/q;;;+3. The first-order valence-electron chi connectivity index (χ1n) is 6.81. The second-order valence-electron chi connectivity index (χ2n) is 4.56. The van der Waals surface area contributed by atoms with Gasteiger partial charge in [0, 0.05) is 18.2 Å². The number of benzene rings is 3. The summed E-state index contributed by atoms with van der Waals surface area (Å²) in [6.45, 7) is 0. The molecule has 0 amide bonds. The molecule has 6 nitrogen and oxygen atoms in total. The molecule has 0 bridgehead atoms. The van der Waals surface area contributed by atoms with Crippen LogP contribution in [0.3, 0.4) is 0 Å². The minimum atomic E-state index is 0. The van der Waals surface area contributed by atoms with Gasteiger partial charge < -0.3 is 30.6 Å². The van der Waals surface area contributed by atoms with Gasteiger partial charge in [0.15, 0.2) is 0 Å². The van der Waals surface area contributed by atoms with Gasteiger partial charge in [-0.2, -0.15) is 0 Å². The Balaban J connectivity index is 0.000000339. The Morgan fingerprint density at radius 1 is 0.360 bits per heavy atom. The molecule has 0 spiro atoms. The Labute approximate surface area is 164 Å². The second kappa shape index (κ2) is 11.8. The van der Waals surface area contributed by atoms with E-state index in [-0.39, 0.29) is 60.7 Å². The molecule has 3 aromatic rings. The summed E-state index contributed by atoms with van der Waals surface area (Å²) in [5.41, 5.74) is 0. The summed E-state index contributed by atoms with van der Waals surface area (Å²) in [5, 5.41) is 51.9. The Bertz CT molecular complexity index is 609. The third-order valence-corrected chi connectivity index (χ3v) is 2.49. The van der Waals surface area contributed by atoms with Gasteiger partial charge in [0.2, 0.25) is 0 Å². The van der Waals surface area contributed by atoms with Crippen LogP contribution in [0.4, 0.5) is 0 Å².